The predicted octanol–water partition coefficient (Wildman–Crippen LogP) is 1.42. The molecular weight excluding hydrogens is 256 g/mol. The van der Waals surface area contributed by atoms with E-state index in [4.69, 9.17) is 9.47 Å². The second-order valence-electron chi connectivity index (χ2n) is 5.22. The van der Waals surface area contributed by atoms with Crippen LogP contribution in [-0.4, -0.2) is 62.4 Å². The number of likely N-dealkylation sites (N-methyl/N-ethyl adjacent to an activating group) is 1. The summed E-state index contributed by atoms with van der Waals surface area (Å²) < 4.78 is 10.8. The monoisotopic (exact) mass is 286 g/mol. The molecule has 1 atom stereocenters. The van der Waals surface area contributed by atoms with E-state index in [1.807, 2.05) is 6.92 Å². The van der Waals surface area contributed by atoms with Gasteiger partial charge in [-0.3, -0.25) is 4.79 Å². The molecule has 20 heavy (non-hydrogen) atoms. The zero-order chi connectivity index (χ0) is 14.8. The first-order valence-corrected chi connectivity index (χ1v) is 7.90. The Bertz CT molecular complexity index is 272. The highest BCUT2D eigenvalue weighted by molar-refractivity contribution is 5.81. The molecule has 0 amide bonds. The van der Waals surface area contributed by atoms with Gasteiger partial charge in [-0.25, -0.2) is 0 Å². The number of carbonyl (C=O) groups is 1. The first-order chi connectivity index (χ1) is 9.68. The molecule has 1 unspecified atom stereocenters. The summed E-state index contributed by atoms with van der Waals surface area (Å²) in [6.45, 7) is 11.8. The van der Waals surface area contributed by atoms with E-state index in [0.29, 0.717) is 19.6 Å². The van der Waals surface area contributed by atoms with E-state index in [9.17, 15) is 4.79 Å². The summed E-state index contributed by atoms with van der Waals surface area (Å²) in [6.07, 6.45) is 2.39. The van der Waals surface area contributed by atoms with Crippen LogP contribution in [0.2, 0.25) is 0 Å². The summed E-state index contributed by atoms with van der Waals surface area (Å²) in [4.78, 5) is 14.7. The molecule has 0 saturated carbocycles. The van der Waals surface area contributed by atoms with E-state index in [0.717, 1.165) is 45.6 Å². The van der Waals surface area contributed by atoms with Gasteiger partial charge in [0, 0.05) is 26.3 Å². The van der Waals surface area contributed by atoms with Gasteiger partial charge < -0.3 is 19.7 Å². The van der Waals surface area contributed by atoms with Crippen LogP contribution in [-0.2, 0) is 14.3 Å². The highest BCUT2D eigenvalue weighted by Gasteiger charge is 2.39. The van der Waals surface area contributed by atoms with Crippen molar-refractivity contribution in [1.82, 2.24) is 10.2 Å². The third-order valence-corrected chi connectivity index (χ3v) is 4.02. The maximum Gasteiger partial charge on any atom is 0.326 e. The molecule has 1 aliphatic heterocycles. The van der Waals surface area contributed by atoms with Crippen LogP contribution in [0.1, 0.15) is 40.0 Å². The molecule has 0 spiro atoms. The summed E-state index contributed by atoms with van der Waals surface area (Å²) in [5, 5.41) is 3.46. The number of carbonyl (C=O) groups excluding carboxylic acids is 1. The number of hydrogen-bond acceptors (Lipinski definition) is 5. The maximum absolute atomic E-state index is 12.3. The average Bonchev–Trinajstić information content (AvgIpc) is 2.70. The molecule has 1 N–H and O–H groups in total. The third kappa shape index (κ3) is 5.04. The summed E-state index contributed by atoms with van der Waals surface area (Å²) in [5.74, 6) is -0.120. The van der Waals surface area contributed by atoms with E-state index in [-0.39, 0.29) is 5.97 Å². The van der Waals surface area contributed by atoms with Crippen molar-refractivity contribution in [3.8, 4) is 0 Å². The molecule has 1 fully saturated rings. The average molecular weight is 286 g/mol. The second kappa shape index (κ2) is 9.32. The van der Waals surface area contributed by atoms with Gasteiger partial charge >= 0.3 is 5.97 Å². The zero-order valence-corrected chi connectivity index (χ0v) is 13.2. The molecule has 5 heteroatoms. The summed E-state index contributed by atoms with van der Waals surface area (Å²) in [7, 11) is 0. The van der Waals surface area contributed by atoms with E-state index < -0.39 is 5.54 Å². The fourth-order valence-corrected chi connectivity index (χ4v) is 2.66. The molecule has 0 aliphatic carbocycles. The van der Waals surface area contributed by atoms with Gasteiger partial charge in [-0.1, -0.05) is 13.8 Å². The van der Waals surface area contributed by atoms with Gasteiger partial charge in [0.1, 0.15) is 5.54 Å². The van der Waals surface area contributed by atoms with Crippen molar-refractivity contribution in [3.63, 3.8) is 0 Å². The Labute approximate surface area is 123 Å². The molecule has 0 aromatic carbocycles. The Morgan fingerprint density at radius 2 is 2.00 bits per heavy atom. The van der Waals surface area contributed by atoms with Crippen molar-refractivity contribution in [2.24, 2.45) is 0 Å². The largest absolute Gasteiger partial charge is 0.465 e. The van der Waals surface area contributed by atoms with Crippen molar-refractivity contribution < 1.29 is 14.3 Å². The Balaban J connectivity index is 2.59. The molecule has 1 rings (SSSR count). The molecule has 1 saturated heterocycles. The van der Waals surface area contributed by atoms with Crippen molar-refractivity contribution in [2.75, 3.05) is 46.0 Å². The van der Waals surface area contributed by atoms with Gasteiger partial charge in [-0.15, -0.1) is 0 Å². The fourth-order valence-electron chi connectivity index (χ4n) is 2.66. The van der Waals surface area contributed by atoms with Crippen molar-refractivity contribution >= 4 is 5.97 Å². The minimum absolute atomic E-state index is 0.120. The summed E-state index contributed by atoms with van der Waals surface area (Å²) in [6, 6.07) is 0. The Morgan fingerprint density at radius 3 is 2.65 bits per heavy atom. The first kappa shape index (κ1) is 17.4. The van der Waals surface area contributed by atoms with Crippen LogP contribution in [0.15, 0.2) is 0 Å². The number of hydrogen-bond donors (Lipinski definition) is 1. The molecule has 0 aromatic rings. The molecule has 0 radical (unpaired) electrons. The van der Waals surface area contributed by atoms with Crippen molar-refractivity contribution in [2.45, 2.75) is 45.6 Å². The molecule has 0 bridgehead atoms. The van der Waals surface area contributed by atoms with Crippen LogP contribution < -0.4 is 5.32 Å². The van der Waals surface area contributed by atoms with E-state index in [1.165, 1.54) is 0 Å². The number of rotatable bonds is 8. The lowest BCUT2D eigenvalue weighted by molar-refractivity contribution is -0.152. The van der Waals surface area contributed by atoms with E-state index in [2.05, 4.69) is 24.1 Å². The first-order valence-electron chi connectivity index (χ1n) is 7.90. The normalized spacial score (nSPS) is 23.6. The van der Waals surface area contributed by atoms with Gasteiger partial charge in [-0.2, -0.15) is 0 Å². The van der Waals surface area contributed by atoms with Crippen molar-refractivity contribution in [1.29, 1.82) is 0 Å². The quantitative estimate of drug-likeness (QED) is 0.684. The SMILES string of the molecule is CCOC(=O)C1(NCCN(CC)CC)CCCOCC1. The van der Waals surface area contributed by atoms with Gasteiger partial charge in [-0.05, 0) is 39.3 Å². The predicted molar refractivity (Wildman–Crippen MR) is 79.8 cm³/mol. The minimum atomic E-state index is -0.556. The Hall–Kier alpha value is -0.650. The third-order valence-electron chi connectivity index (χ3n) is 4.02. The molecular formula is C15H30N2O3. The molecule has 1 aliphatic rings. The van der Waals surface area contributed by atoms with Crippen LogP contribution in [0.5, 0.6) is 0 Å². The summed E-state index contributed by atoms with van der Waals surface area (Å²) in [5.41, 5.74) is -0.556. The fraction of sp³-hybridized carbons (Fsp3) is 0.933. The van der Waals surface area contributed by atoms with Gasteiger partial charge in [0.05, 0.1) is 6.61 Å². The van der Waals surface area contributed by atoms with Crippen LogP contribution in [0.25, 0.3) is 0 Å². The number of nitrogens with one attached hydrogen (secondary N) is 1. The molecule has 0 aromatic heterocycles. The van der Waals surface area contributed by atoms with E-state index in [1.54, 1.807) is 0 Å². The van der Waals surface area contributed by atoms with Crippen molar-refractivity contribution in [3.05, 3.63) is 0 Å². The Kier molecular flexibility index (Phi) is 8.11. The topological polar surface area (TPSA) is 50.8 Å². The van der Waals surface area contributed by atoms with Crippen LogP contribution in [0.3, 0.4) is 0 Å². The lowest BCUT2D eigenvalue weighted by Crippen LogP contribution is -2.55. The zero-order valence-electron chi connectivity index (χ0n) is 13.2. The second-order valence-corrected chi connectivity index (χ2v) is 5.22. The lowest BCUT2D eigenvalue weighted by Gasteiger charge is -2.32. The standard InChI is InChI=1S/C15H30N2O3/c1-4-17(5-2)11-10-16-15(14(18)20-6-3)8-7-12-19-13-9-15/h16H,4-13H2,1-3H3. The van der Waals surface area contributed by atoms with Crippen LogP contribution >= 0.6 is 0 Å². The highest BCUT2D eigenvalue weighted by Crippen LogP contribution is 2.23. The number of esters is 1. The molecule has 1 heterocycles. The van der Waals surface area contributed by atoms with Gasteiger partial charge in [0.15, 0.2) is 0 Å². The highest BCUT2D eigenvalue weighted by atomic mass is 16.5. The molecule has 118 valence electrons. The van der Waals surface area contributed by atoms with Crippen LogP contribution in [0.4, 0.5) is 0 Å². The van der Waals surface area contributed by atoms with Gasteiger partial charge in [0.25, 0.3) is 0 Å². The maximum atomic E-state index is 12.3. The summed E-state index contributed by atoms with van der Waals surface area (Å²) >= 11 is 0. The van der Waals surface area contributed by atoms with Gasteiger partial charge in [0.2, 0.25) is 0 Å². The number of ether oxygens (including phenoxy) is 2. The van der Waals surface area contributed by atoms with E-state index >= 15 is 0 Å². The smallest absolute Gasteiger partial charge is 0.326 e. The Morgan fingerprint density at radius 1 is 1.25 bits per heavy atom. The minimum Gasteiger partial charge on any atom is -0.465 e. The molecule has 5 nitrogen and oxygen atoms in total. The van der Waals surface area contributed by atoms with Crippen LogP contribution in [0, 0.1) is 0 Å². The number of nitrogens with zero attached hydrogens (tertiary/aromatic N) is 1. The lowest BCUT2D eigenvalue weighted by atomic mass is 9.90.